The third-order valence-corrected chi connectivity index (χ3v) is 2.45. The highest BCUT2D eigenvalue weighted by molar-refractivity contribution is 7.33. The van der Waals surface area contributed by atoms with E-state index in [9.17, 15) is 4.57 Å². The molecule has 0 heterocycles. The van der Waals surface area contributed by atoms with Gasteiger partial charge in [-0.15, -0.1) is 0 Å². The van der Waals surface area contributed by atoms with Gasteiger partial charge in [0.05, 0.1) is 12.9 Å². The quantitative estimate of drug-likeness (QED) is 0.335. The minimum Gasteiger partial charge on any atom is -0.435 e. The molecule has 0 aliphatic rings. The van der Waals surface area contributed by atoms with Crippen molar-refractivity contribution < 1.29 is 13.6 Å². The average Bonchev–Trinajstić information content (AvgIpc) is 2.19. The van der Waals surface area contributed by atoms with Crippen LogP contribution < -0.4 is 0 Å². The number of hydrogen-bond donors (Lipinski definition) is 0. The van der Waals surface area contributed by atoms with Gasteiger partial charge in [-0.2, -0.15) is 0 Å². The van der Waals surface area contributed by atoms with Gasteiger partial charge >= 0.3 is 8.25 Å². The molecular formula is C10H21O3P. The van der Waals surface area contributed by atoms with Gasteiger partial charge in [-0.1, -0.05) is 33.1 Å². The summed E-state index contributed by atoms with van der Waals surface area (Å²) in [5.41, 5.74) is 0. The summed E-state index contributed by atoms with van der Waals surface area (Å²) in [6, 6.07) is 0. The first-order chi connectivity index (χ1) is 6.81. The minimum atomic E-state index is -2.29. The highest BCUT2D eigenvalue weighted by Gasteiger charge is 1.95. The molecule has 0 aromatic rings. The molecule has 0 amide bonds. The van der Waals surface area contributed by atoms with E-state index in [1.54, 1.807) is 0 Å². The van der Waals surface area contributed by atoms with Gasteiger partial charge in [-0.05, 0) is 18.9 Å². The van der Waals surface area contributed by atoms with Crippen LogP contribution >= 0.6 is 8.25 Å². The Balaban J connectivity index is 3.28. The lowest BCUT2D eigenvalue weighted by atomic mass is 10.3. The molecule has 1 atom stereocenters. The molecule has 0 saturated carbocycles. The summed E-state index contributed by atoms with van der Waals surface area (Å²) in [5, 5.41) is 0. The van der Waals surface area contributed by atoms with E-state index >= 15 is 0 Å². The van der Waals surface area contributed by atoms with Gasteiger partial charge in [-0.25, -0.2) is 4.57 Å². The maximum absolute atomic E-state index is 11.1. The Morgan fingerprint density at radius 1 is 1.21 bits per heavy atom. The number of allylic oxidation sites excluding steroid dienone is 1. The second-order valence-electron chi connectivity index (χ2n) is 3.08. The maximum atomic E-state index is 11.1. The fraction of sp³-hybridized carbons (Fsp3) is 0.800. The minimum absolute atomic E-state index is 0.535. The van der Waals surface area contributed by atoms with Crippen molar-refractivity contribution in [1.82, 2.24) is 0 Å². The molecule has 0 bridgehead atoms. The molecule has 0 spiro atoms. The fourth-order valence-electron chi connectivity index (χ4n) is 0.880. The van der Waals surface area contributed by atoms with Crippen LogP contribution in [0.5, 0.6) is 0 Å². The summed E-state index contributed by atoms with van der Waals surface area (Å²) in [5.74, 6) is 0. The van der Waals surface area contributed by atoms with Crippen LogP contribution in [0.3, 0.4) is 0 Å². The highest BCUT2D eigenvalue weighted by atomic mass is 31.1. The van der Waals surface area contributed by atoms with Crippen LogP contribution in [-0.4, -0.2) is 6.61 Å². The summed E-state index contributed by atoms with van der Waals surface area (Å²) in [6.45, 7) is 4.73. The molecule has 3 nitrogen and oxygen atoms in total. The van der Waals surface area contributed by atoms with E-state index in [1.807, 2.05) is 6.08 Å². The lowest BCUT2D eigenvalue weighted by Gasteiger charge is -2.02. The van der Waals surface area contributed by atoms with Crippen LogP contribution in [0.1, 0.15) is 46.0 Å². The summed E-state index contributed by atoms with van der Waals surface area (Å²) >= 11 is 0. The number of rotatable bonds is 9. The fourth-order valence-corrected chi connectivity index (χ4v) is 1.47. The van der Waals surface area contributed by atoms with Gasteiger partial charge in [-0.3, -0.25) is 0 Å². The Morgan fingerprint density at radius 2 is 2.00 bits per heavy atom. The van der Waals surface area contributed by atoms with E-state index in [4.69, 9.17) is 9.05 Å². The van der Waals surface area contributed by atoms with Crippen LogP contribution in [0.2, 0.25) is 0 Å². The molecule has 0 fully saturated rings. The van der Waals surface area contributed by atoms with Crippen molar-refractivity contribution in [1.29, 1.82) is 0 Å². The van der Waals surface area contributed by atoms with Crippen LogP contribution in [0.4, 0.5) is 0 Å². The number of unbranched alkanes of at least 4 members (excludes halogenated alkanes) is 3. The zero-order chi connectivity index (χ0) is 10.6. The molecule has 0 radical (unpaired) electrons. The zero-order valence-electron chi connectivity index (χ0n) is 9.12. The first kappa shape index (κ1) is 13.7. The van der Waals surface area contributed by atoms with E-state index in [-0.39, 0.29) is 0 Å². The SMILES string of the molecule is CCCC=CO[PH](=O)OCCCCC. The predicted molar refractivity (Wildman–Crippen MR) is 59.6 cm³/mol. The third-order valence-electron chi connectivity index (χ3n) is 1.68. The van der Waals surface area contributed by atoms with E-state index in [2.05, 4.69) is 13.8 Å². The lowest BCUT2D eigenvalue weighted by Crippen LogP contribution is -1.86. The standard InChI is InChI=1S/C10H21O3P/c1-3-5-7-9-12-14(11)13-10-8-6-4-2/h7,9,14H,3-6,8,10H2,1-2H3. The molecule has 0 N–H and O–H groups in total. The Hall–Kier alpha value is -0.270. The Kier molecular flexibility index (Phi) is 10.6. The van der Waals surface area contributed by atoms with Crippen molar-refractivity contribution >= 4 is 8.25 Å². The van der Waals surface area contributed by atoms with Gasteiger partial charge in [0.15, 0.2) is 0 Å². The summed E-state index contributed by atoms with van der Waals surface area (Å²) in [6.07, 6.45) is 8.56. The van der Waals surface area contributed by atoms with E-state index in [1.165, 1.54) is 6.26 Å². The number of hydrogen-bond acceptors (Lipinski definition) is 3. The van der Waals surface area contributed by atoms with Crippen molar-refractivity contribution in [2.24, 2.45) is 0 Å². The van der Waals surface area contributed by atoms with Crippen LogP contribution in [0.15, 0.2) is 12.3 Å². The largest absolute Gasteiger partial charge is 0.435 e. The second kappa shape index (κ2) is 10.8. The molecule has 1 unspecified atom stereocenters. The Morgan fingerprint density at radius 3 is 2.64 bits per heavy atom. The molecule has 0 saturated heterocycles. The molecule has 84 valence electrons. The Bertz CT molecular complexity index is 169. The van der Waals surface area contributed by atoms with Gasteiger partial charge in [0, 0.05) is 0 Å². The van der Waals surface area contributed by atoms with E-state index < -0.39 is 8.25 Å². The molecule has 4 heteroatoms. The normalized spacial score (nSPS) is 13.3. The summed E-state index contributed by atoms with van der Waals surface area (Å²) in [4.78, 5) is 0. The van der Waals surface area contributed by atoms with Gasteiger partial charge in [0.25, 0.3) is 0 Å². The van der Waals surface area contributed by atoms with Gasteiger partial charge in [0.2, 0.25) is 0 Å². The first-order valence-electron chi connectivity index (χ1n) is 5.29. The zero-order valence-corrected chi connectivity index (χ0v) is 10.1. The van der Waals surface area contributed by atoms with Crippen LogP contribution in [-0.2, 0) is 13.6 Å². The molecule has 0 aromatic heterocycles. The average molecular weight is 220 g/mol. The summed E-state index contributed by atoms with van der Waals surface area (Å²) < 4.78 is 20.9. The maximum Gasteiger partial charge on any atom is 0.367 e. The highest BCUT2D eigenvalue weighted by Crippen LogP contribution is 2.24. The topological polar surface area (TPSA) is 35.5 Å². The van der Waals surface area contributed by atoms with Gasteiger partial charge in [0.1, 0.15) is 0 Å². The van der Waals surface area contributed by atoms with Crippen molar-refractivity contribution in [2.75, 3.05) is 6.61 Å². The van der Waals surface area contributed by atoms with Crippen LogP contribution in [0, 0.1) is 0 Å². The van der Waals surface area contributed by atoms with Crippen LogP contribution in [0.25, 0.3) is 0 Å². The van der Waals surface area contributed by atoms with Crippen molar-refractivity contribution in [3.63, 3.8) is 0 Å². The molecule has 14 heavy (non-hydrogen) atoms. The van der Waals surface area contributed by atoms with Crippen molar-refractivity contribution in [2.45, 2.75) is 46.0 Å². The Labute approximate surface area is 87.4 Å². The molecule has 0 aliphatic carbocycles. The monoisotopic (exact) mass is 220 g/mol. The second-order valence-corrected chi connectivity index (χ2v) is 4.11. The molecular weight excluding hydrogens is 199 g/mol. The molecule has 0 aromatic carbocycles. The summed E-state index contributed by atoms with van der Waals surface area (Å²) in [7, 11) is -2.29. The predicted octanol–water partition coefficient (Wildman–Crippen LogP) is 3.91. The molecule has 0 rings (SSSR count). The molecule has 0 aliphatic heterocycles. The van der Waals surface area contributed by atoms with Crippen molar-refractivity contribution in [3.8, 4) is 0 Å². The lowest BCUT2D eigenvalue weighted by molar-refractivity contribution is 0.265. The van der Waals surface area contributed by atoms with E-state index in [0.717, 1.165) is 32.1 Å². The first-order valence-corrected chi connectivity index (χ1v) is 6.52. The smallest absolute Gasteiger partial charge is 0.367 e. The van der Waals surface area contributed by atoms with Crippen molar-refractivity contribution in [3.05, 3.63) is 12.3 Å². The van der Waals surface area contributed by atoms with E-state index in [0.29, 0.717) is 6.61 Å². The van der Waals surface area contributed by atoms with Gasteiger partial charge < -0.3 is 9.05 Å². The third kappa shape index (κ3) is 9.82.